The third-order valence-electron chi connectivity index (χ3n) is 4.59. The third kappa shape index (κ3) is 3.67. The largest absolute Gasteiger partial charge is 0.227 e. The summed E-state index contributed by atoms with van der Waals surface area (Å²) in [6, 6.07) is 13.0. The average Bonchev–Trinajstić information content (AvgIpc) is 2.95. The highest BCUT2D eigenvalue weighted by Gasteiger charge is 2.26. The van der Waals surface area contributed by atoms with Crippen LogP contribution in [0.2, 0.25) is 0 Å². The highest BCUT2D eigenvalue weighted by atomic mass is 32.2. The van der Waals surface area contributed by atoms with Crippen molar-refractivity contribution in [3.05, 3.63) is 64.8 Å². The summed E-state index contributed by atoms with van der Waals surface area (Å²) in [4.78, 5) is 0.228. The average molecular weight is 384 g/mol. The van der Waals surface area contributed by atoms with E-state index in [-0.39, 0.29) is 15.3 Å². The van der Waals surface area contributed by atoms with Gasteiger partial charge in [-0.05, 0) is 67.1 Å². The Kier molecular flexibility index (Phi) is 4.72. The molecule has 0 spiro atoms. The molecular weight excluding hydrogens is 358 g/mol. The van der Waals surface area contributed by atoms with Crippen molar-refractivity contribution < 1.29 is 8.42 Å². The molecule has 0 atom stereocenters. The molecule has 0 fully saturated rings. The second-order valence-corrected chi connectivity index (χ2v) is 9.88. The maximum absolute atomic E-state index is 13.1. The van der Waals surface area contributed by atoms with Gasteiger partial charge >= 0.3 is 0 Å². The van der Waals surface area contributed by atoms with E-state index in [0.29, 0.717) is 5.69 Å². The van der Waals surface area contributed by atoms with Gasteiger partial charge < -0.3 is 0 Å². The van der Waals surface area contributed by atoms with E-state index in [1.165, 1.54) is 0 Å². The van der Waals surface area contributed by atoms with Gasteiger partial charge in [0.15, 0.2) is 0 Å². The van der Waals surface area contributed by atoms with Crippen molar-refractivity contribution in [3.8, 4) is 5.69 Å². The second kappa shape index (κ2) is 6.60. The van der Waals surface area contributed by atoms with Gasteiger partial charge in [0.1, 0.15) is 0 Å². The van der Waals surface area contributed by atoms with Crippen LogP contribution in [-0.2, 0) is 15.3 Å². The summed E-state index contributed by atoms with van der Waals surface area (Å²) >= 11 is 0. The molecule has 0 amide bonds. The topological polar surface area (TPSA) is 64.8 Å². The van der Waals surface area contributed by atoms with Crippen molar-refractivity contribution in [3.63, 3.8) is 0 Å². The zero-order valence-corrected chi connectivity index (χ0v) is 17.4. The summed E-state index contributed by atoms with van der Waals surface area (Å²) < 4.78 is 27.7. The molecule has 0 unspecified atom stereocenters. The van der Waals surface area contributed by atoms with Crippen molar-refractivity contribution in [1.82, 2.24) is 15.0 Å². The number of aryl methyl sites for hydroxylation is 2. The predicted molar refractivity (Wildman–Crippen MR) is 106 cm³/mol. The van der Waals surface area contributed by atoms with E-state index in [1.54, 1.807) is 23.7 Å². The van der Waals surface area contributed by atoms with Gasteiger partial charge in [-0.25, -0.2) is 13.1 Å². The first kappa shape index (κ1) is 19.3. The minimum atomic E-state index is -3.73. The lowest BCUT2D eigenvalue weighted by Crippen LogP contribution is -2.11. The smallest absolute Gasteiger partial charge is 0.217 e. The summed E-state index contributed by atoms with van der Waals surface area (Å²) in [5, 5.41) is 8.09. The fraction of sp³-hybridized carbons (Fsp3) is 0.333. The van der Waals surface area contributed by atoms with Gasteiger partial charge in [-0.2, -0.15) is 0 Å². The first-order valence-corrected chi connectivity index (χ1v) is 10.3. The van der Waals surface area contributed by atoms with Crippen LogP contribution in [0.4, 0.5) is 0 Å². The zero-order valence-electron chi connectivity index (χ0n) is 16.6. The van der Waals surface area contributed by atoms with E-state index in [0.717, 1.165) is 22.4 Å². The minimum Gasteiger partial charge on any atom is -0.217 e. The quantitative estimate of drug-likeness (QED) is 0.675. The van der Waals surface area contributed by atoms with Gasteiger partial charge in [0.25, 0.3) is 0 Å². The van der Waals surface area contributed by atoms with Gasteiger partial charge in [-0.3, -0.25) is 0 Å². The van der Waals surface area contributed by atoms with Crippen molar-refractivity contribution >= 4 is 9.84 Å². The molecule has 0 radical (unpaired) electrons. The summed E-state index contributed by atoms with van der Waals surface area (Å²) in [5.74, 6) is 0. The van der Waals surface area contributed by atoms with Gasteiger partial charge in [-0.1, -0.05) is 44.2 Å². The number of nitrogens with zero attached hydrogens (tertiary/aromatic N) is 3. The normalized spacial score (nSPS) is 12.4. The lowest BCUT2D eigenvalue weighted by atomic mass is 9.87. The first-order chi connectivity index (χ1) is 12.5. The maximum Gasteiger partial charge on any atom is 0.227 e. The van der Waals surface area contributed by atoms with Crippen molar-refractivity contribution in [1.29, 1.82) is 0 Å². The molecule has 142 valence electrons. The highest BCUT2D eigenvalue weighted by Crippen LogP contribution is 2.27. The third-order valence-corrected chi connectivity index (χ3v) is 6.37. The summed E-state index contributed by atoms with van der Waals surface area (Å²) in [5.41, 5.74) is 4.52. The van der Waals surface area contributed by atoms with Crippen LogP contribution in [0, 0.1) is 20.8 Å². The Morgan fingerprint density at radius 3 is 1.96 bits per heavy atom. The Morgan fingerprint density at radius 1 is 0.889 bits per heavy atom. The molecule has 0 aliphatic carbocycles. The second-order valence-electron chi connectivity index (χ2n) is 8.02. The molecule has 5 nitrogen and oxygen atoms in total. The molecule has 0 N–H and O–H groups in total. The molecule has 6 heteroatoms. The Hall–Kier alpha value is -2.47. The Bertz CT molecular complexity index is 1070. The zero-order chi connectivity index (χ0) is 20.0. The van der Waals surface area contributed by atoms with Crippen molar-refractivity contribution in [2.24, 2.45) is 0 Å². The molecular formula is C21H25N3O2S. The number of benzene rings is 2. The van der Waals surface area contributed by atoms with Crippen LogP contribution in [0.5, 0.6) is 0 Å². The summed E-state index contributed by atoms with van der Waals surface area (Å²) in [6.07, 6.45) is 0. The first-order valence-electron chi connectivity index (χ1n) is 8.87. The van der Waals surface area contributed by atoms with E-state index >= 15 is 0 Å². The fourth-order valence-electron chi connectivity index (χ4n) is 3.13. The van der Waals surface area contributed by atoms with Crippen LogP contribution >= 0.6 is 0 Å². The van der Waals surface area contributed by atoms with Crippen LogP contribution in [0.1, 0.15) is 43.2 Å². The molecule has 0 saturated carbocycles. The van der Waals surface area contributed by atoms with E-state index in [2.05, 4.69) is 37.1 Å². The minimum absolute atomic E-state index is 0.00910. The Morgan fingerprint density at radius 2 is 1.44 bits per heavy atom. The van der Waals surface area contributed by atoms with E-state index in [4.69, 9.17) is 0 Å². The lowest BCUT2D eigenvalue weighted by Gasteiger charge is -2.19. The molecule has 2 aromatic carbocycles. The summed E-state index contributed by atoms with van der Waals surface area (Å²) in [7, 11) is -3.73. The van der Waals surface area contributed by atoms with E-state index < -0.39 is 9.84 Å². The number of hydrogen-bond acceptors (Lipinski definition) is 4. The summed E-state index contributed by atoms with van der Waals surface area (Å²) in [6.45, 7) is 12.0. The molecule has 1 aromatic heterocycles. The molecule has 3 aromatic rings. The molecule has 3 rings (SSSR count). The van der Waals surface area contributed by atoms with E-state index in [9.17, 15) is 8.42 Å². The van der Waals surface area contributed by atoms with Crippen LogP contribution in [0.3, 0.4) is 0 Å². The van der Waals surface area contributed by atoms with Crippen molar-refractivity contribution in [2.75, 3.05) is 0 Å². The van der Waals surface area contributed by atoms with Crippen LogP contribution in [0.25, 0.3) is 5.69 Å². The molecule has 0 saturated heterocycles. The molecule has 27 heavy (non-hydrogen) atoms. The van der Waals surface area contributed by atoms with Gasteiger partial charge in [0.2, 0.25) is 14.9 Å². The standard InChI is InChI=1S/C21H25N3O2S/c1-14-11-15(2)13-18(12-14)24-16(3)20(22-23-24)27(25,26)19-9-7-17(8-10-19)21(4,5)6/h7-13H,1-6H3. The highest BCUT2D eigenvalue weighted by molar-refractivity contribution is 7.91. The Labute approximate surface area is 161 Å². The molecule has 0 bridgehead atoms. The molecule has 1 heterocycles. The molecule has 0 aliphatic heterocycles. The fourth-order valence-corrected chi connectivity index (χ4v) is 4.46. The predicted octanol–water partition coefficient (Wildman–Crippen LogP) is 4.32. The number of aromatic nitrogens is 3. The van der Waals surface area contributed by atoms with E-state index in [1.807, 2.05) is 38.1 Å². The number of rotatable bonds is 3. The van der Waals surface area contributed by atoms with Gasteiger partial charge in [0, 0.05) is 0 Å². The van der Waals surface area contributed by atoms with Crippen molar-refractivity contribution in [2.45, 2.75) is 56.9 Å². The van der Waals surface area contributed by atoms with Crippen LogP contribution in [0.15, 0.2) is 52.4 Å². The lowest BCUT2D eigenvalue weighted by molar-refractivity contribution is 0.584. The van der Waals surface area contributed by atoms with Crippen LogP contribution < -0.4 is 0 Å². The molecule has 0 aliphatic rings. The maximum atomic E-state index is 13.1. The number of hydrogen-bond donors (Lipinski definition) is 0. The van der Waals surface area contributed by atoms with Gasteiger partial charge in [-0.15, -0.1) is 5.10 Å². The monoisotopic (exact) mass is 383 g/mol. The van der Waals surface area contributed by atoms with Crippen LogP contribution in [-0.4, -0.2) is 23.4 Å². The van der Waals surface area contributed by atoms with Gasteiger partial charge in [0.05, 0.1) is 16.3 Å². The SMILES string of the molecule is Cc1cc(C)cc(-n2nnc(S(=O)(=O)c3ccc(C(C)(C)C)cc3)c2C)c1. The Balaban J connectivity index is 2.05. The number of sulfone groups is 1.